The molecular weight excluding hydrogens is 128 g/mol. The summed E-state index contributed by atoms with van der Waals surface area (Å²) in [6.45, 7) is 2.12. The number of hydroxylamine groups is 1. The van der Waals surface area contributed by atoms with Crippen molar-refractivity contribution in [1.29, 1.82) is 0 Å². The van der Waals surface area contributed by atoms with E-state index in [0.29, 0.717) is 0 Å². The Bertz CT molecular complexity index is 88.1. The summed E-state index contributed by atoms with van der Waals surface area (Å²) in [5, 5.41) is 0. The molecule has 0 saturated heterocycles. The van der Waals surface area contributed by atoms with Gasteiger partial charge in [0, 0.05) is 13.5 Å². The highest BCUT2D eigenvalue weighted by Crippen LogP contribution is 2.06. The van der Waals surface area contributed by atoms with Gasteiger partial charge in [-0.3, -0.25) is 0 Å². The second-order valence-corrected chi connectivity index (χ2v) is 3.30. The highest BCUT2D eigenvalue weighted by atomic mass is 16.7. The highest BCUT2D eigenvalue weighted by molar-refractivity contribution is 4.35. The van der Waals surface area contributed by atoms with Crippen LogP contribution in [-0.2, 0) is 4.84 Å². The molecule has 3 heteroatoms. The number of quaternary nitrogens is 1. The molecule has 0 aromatic heterocycles. The lowest BCUT2D eigenvalue weighted by atomic mass is 10.3. The van der Waals surface area contributed by atoms with Gasteiger partial charge in [0.25, 0.3) is 0 Å². The third-order valence-corrected chi connectivity index (χ3v) is 1.47. The number of nitrogens with one attached hydrogen (secondary N) is 1. The second-order valence-electron chi connectivity index (χ2n) is 3.30. The maximum atomic E-state index is 5.28. The Kier molecular flexibility index (Phi) is 3.86. The lowest BCUT2D eigenvalue weighted by Gasteiger charge is -2.32. The fourth-order valence-corrected chi connectivity index (χ4v) is 0.925. The van der Waals surface area contributed by atoms with Gasteiger partial charge < -0.3 is 4.48 Å². The van der Waals surface area contributed by atoms with Crippen LogP contribution in [0.15, 0.2) is 0 Å². The van der Waals surface area contributed by atoms with Gasteiger partial charge in [0.2, 0.25) is 6.23 Å². The van der Waals surface area contributed by atoms with Crippen LogP contribution >= 0.6 is 0 Å². The topological polar surface area (TPSA) is 21.3 Å². The normalized spacial score (nSPS) is 15.3. The van der Waals surface area contributed by atoms with E-state index < -0.39 is 0 Å². The molecule has 0 aromatic rings. The van der Waals surface area contributed by atoms with E-state index >= 15 is 0 Å². The molecule has 0 aliphatic heterocycles. The first-order valence-electron chi connectivity index (χ1n) is 3.66. The van der Waals surface area contributed by atoms with Crippen molar-refractivity contribution in [3.8, 4) is 0 Å². The zero-order chi connectivity index (χ0) is 8.20. The monoisotopic (exact) mass is 147 g/mol. The van der Waals surface area contributed by atoms with E-state index in [0.717, 1.165) is 10.9 Å². The molecule has 0 radical (unpaired) electrons. The standard InChI is InChI=1S/C7H19N2O/c1-6-7(10-8-2)9(3,4)5/h7-8H,6H2,1-5H3/q+1. The van der Waals surface area contributed by atoms with Gasteiger partial charge in [-0.1, -0.05) is 6.92 Å². The van der Waals surface area contributed by atoms with E-state index in [1.54, 1.807) is 7.05 Å². The molecule has 0 aromatic carbocycles. The number of hydrogen-bond acceptors (Lipinski definition) is 2. The van der Waals surface area contributed by atoms with Crippen LogP contribution in [0.1, 0.15) is 13.3 Å². The lowest BCUT2D eigenvalue weighted by molar-refractivity contribution is -0.921. The van der Waals surface area contributed by atoms with Crippen LogP contribution in [0.3, 0.4) is 0 Å². The minimum absolute atomic E-state index is 0.241. The van der Waals surface area contributed by atoms with E-state index in [9.17, 15) is 0 Å². The zero-order valence-electron chi connectivity index (χ0n) is 7.64. The maximum absolute atomic E-state index is 5.28. The molecule has 3 nitrogen and oxygen atoms in total. The molecule has 0 amide bonds. The first kappa shape index (κ1) is 9.88. The molecule has 0 fully saturated rings. The molecule has 0 saturated carbocycles. The number of nitrogens with zero attached hydrogens (tertiary/aromatic N) is 1. The van der Waals surface area contributed by atoms with Crippen molar-refractivity contribution < 1.29 is 9.32 Å². The van der Waals surface area contributed by atoms with Crippen molar-refractivity contribution in [2.75, 3.05) is 28.2 Å². The van der Waals surface area contributed by atoms with Crippen LogP contribution in [0, 0.1) is 0 Å². The van der Waals surface area contributed by atoms with Crippen molar-refractivity contribution in [3.63, 3.8) is 0 Å². The molecule has 10 heavy (non-hydrogen) atoms. The molecule has 1 N–H and O–H groups in total. The van der Waals surface area contributed by atoms with Crippen molar-refractivity contribution >= 4 is 0 Å². The number of rotatable bonds is 4. The first-order chi connectivity index (χ1) is 4.52. The maximum Gasteiger partial charge on any atom is 0.210 e. The van der Waals surface area contributed by atoms with Crippen LogP contribution in [0.5, 0.6) is 0 Å². The highest BCUT2D eigenvalue weighted by Gasteiger charge is 2.21. The summed E-state index contributed by atoms with van der Waals surface area (Å²) in [5.74, 6) is 0. The summed E-state index contributed by atoms with van der Waals surface area (Å²) in [7, 11) is 8.14. The quantitative estimate of drug-likeness (QED) is 0.357. The Morgan fingerprint density at radius 3 is 2.00 bits per heavy atom. The summed E-state index contributed by atoms with van der Waals surface area (Å²) in [6.07, 6.45) is 1.26. The molecule has 0 heterocycles. The van der Waals surface area contributed by atoms with Crippen LogP contribution in [0.4, 0.5) is 0 Å². The molecular formula is C7H19N2O+. The molecule has 0 aliphatic carbocycles. The van der Waals surface area contributed by atoms with Gasteiger partial charge in [0.05, 0.1) is 21.1 Å². The van der Waals surface area contributed by atoms with Gasteiger partial charge in [0.15, 0.2) is 0 Å². The average molecular weight is 147 g/mol. The van der Waals surface area contributed by atoms with Gasteiger partial charge in [-0.25, -0.2) is 4.84 Å². The van der Waals surface area contributed by atoms with Crippen LogP contribution in [-0.4, -0.2) is 38.9 Å². The fourth-order valence-electron chi connectivity index (χ4n) is 0.925. The van der Waals surface area contributed by atoms with Gasteiger partial charge >= 0.3 is 0 Å². The molecule has 0 bridgehead atoms. The van der Waals surface area contributed by atoms with Gasteiger partial charge in [-0.05, 0) is 0 Å². The Hall–Kier alpha value is -0.120. The Morgan fingerprint density at radius 1 is 1.40 bits per heavy atom. The van der Waals surface area contributed by atoms with Crippen molar-refractivity contribution in [2.24, 2.45) is 0 Å². The molecule has 1 atom stereocenters. The molecule has 1 unspecified atom stereocenters. The van der Waals surface area contributed by atoms with Crippen LogP contribution in [0.2, 0.25) is 0 Å². The van der Waals surface area contributed by atoms with Gasteiger partial charge in [-0.15, -0.1) is 0 Å². The van der Waals surface area contributed by atoms with Crippen LogP contribution in [0.25, 0.3) is 0 Å². The van der Waals surface area contributed by atoms with E-state index in [-0.39, 0.29) is 6.23 Å². The molecule has 62 valence electrons. The van der Waals surface area contributed by atoms with Crippen LogP contribution < -0.4 is 5.48 Å². The minimum Gasteiger partial charge on any atom is -0.305 e. The predicted octanol–water partition coefficient (Wildman–Crippen LogP) is 0.580. The van der Waals surface area contributed by atoms with Crippen molar-refractivity contribution in [2.45, 2.75) is 19.6 Å². The second kappa shape index (κ2) is 3.91. The zero-order valence-corrected chi connectivity index (χ0v) is 7.64. The summed E-state index contributed by atoms with van der Waals surface area (Å²) in [4.78, 5) is 5.28. The third-order valence-electron chi connectivity index (χ3n) is 1.47. The smallest absolute Gasteiger partial charge is 0.210 e. The van der Waals surface area contributed by atoms with E-state index in [1.807, 2.05) is 0 Å². The SMILES string of the molecule is CCC(ONC)[N+](C)(C)C. The Balaban J connectivity index is 3.81. The fraction of sp³-hybridized carbons (Fsp3) is 1.00. The van der Waals surface area contributed by atoms with Crippen molar-refractivity contribution in [1.82, 2.24) is 5.48 Å². The van der Waals surface area contributed by atoms with Crippen molar-refractivity contribution in [3.05, 3.63) is 0 Å². The lowest BCUT2D eigenvalue weighted by Crippen LogP contribution is -2.48. The Morgan fingerprint density at radius 2 is 1.90 bits per heavy atom. The largest absolute Gasteiger partial charge is 0.305 e. The average Bonchev–Trinajstić information content (AvgIpc) is 1.80. The number of hydrogen-bond donors (Lipinski definition) is 1. The minimum atomic E-state index is 0.241. The summed E-state index contributed by atoms with van der Waals surface area (Å²) >= 11 is 0. The third kappa shape index (κ3) is 3.15. The van der Waals surface area contributed by atoms with Gasteiger partial charge in [-0.2, -0.15) is 5.48 Å². The molecule has 0 aliphatic rings. The van der Waals surface area contributed by atoms with Gasteiger partial charge in [0.1, 0.15) is 0 Å². The summed E-state index contributed by atoms with van der Waals surface area (Å²) < 4.78 is 0.831. The van der Waals surface area contributed by atoms with E-state index in [2.05, 4.69) is 33.5 Å². The van der Waals surface area contributed by atoms with E-state index in [4.69, 9.17) is 4.84 Å². The predicted molar refractivity (Wildman–Crippen MR) is 42.3 cm³/mol. The Labute approximate surface area is 63.5 Å². The first-order valence-corrected chi connectivity index (χ1v) is 3.66. The molecule has 0 spiro atoms. The molecule has 0 rings (SSSR count). The summed E-state index contributed by atoms with van der Waals surface area (Å²) in [6, 6.07) is 0. The summed E-state index contributed by atoms with van der Waals surface area (Å²) in [5.41, 5.74) is 2.71. The van der Waals surface area contributed by atoms with E-state index in [1.165, 1.54) is 0 Å².